The summed E-state index contributed by atoms with van der Waals surface area (Å²) in [5.74, 6) is 0. The molecule has 0 aromatic heterocycles. The van der Waals surface area contributed by atoms with Gasteiger partial charge in [0.25, 0.3) is 0 Å². The van der Waals surface area contributed by atoms with Crippen LogP contribution >= 0.6 is 22.6 Å². The second-order valence-electron chi connectivity index (χ2n) is 4.04. The molecule has 0 atom stereocenters. The van der Waals surface area contributed by atoms with E-state index in [4.69, 9.17) is 0 Å². The number of benzene rings is 1. The van der Waals surface area contributed by atoms with Gasteiger partial charge in [-0.05, 0) is 10.8 Å². The smallest absolute Gasteiger partial charge is 0.0806 e. The van der Waals surface area contributed by atoms with E-state index in [9.17, 15) is 0 Å². The summed E-state index contributed by atoms with van der Waals surface area (Å²) >= 11 is 2.47. The third-order valence-electron chi connectivity index (χ3n) is 2.49. The van der Waals surface area contributed by atoms with E-state index < -0.39 is 8.07 Å². The Kier molecular flexibility index (Phi) is 4.45. The maximum Gasteiger partial charge on any atom is 0.0806 e. The fourth-order valence-corrected chi connectivity index (χ4v) is 5.09. The maximum absolute atomic E-state index is 2.47. The molecule has 0 amide bonds. The Hall–Kier alpha value is 0.167. The minimum absolute atomic E-state index is 1.11. The van der Waals surface area contributed by atoms with Gasteiger partial charge in [-0.3, -0.25) is 0 Å². The van der Waals surface area contributed by atoms with Crippen molar-refractivity contribution in [1.82, 2.24) is 0 Å². The van der Waals surface area contributed by atoms with Crippen LogP contribution in [-0.4, -0.2) is 12.5 Å². The zero-order valence-corrected chi connectivity index (χ0v) is 11.5. The fourth-order valence-electron chi connectivity index (χ4n) is 1.54. The van der Waals surface area contributed by atoms with Crippen molar-refractivity contribution in [3.8, 4) is 0 Å². The molecule has 1 aromatic rings. The third-order valence-corrected chi connectivity index (χ3v) is 6.75. The lowest BCUT2D eigenvalue weighted by molar-refractivity contribution is 1.09. The summed E-state index contributed by atoms with van der Waals surface area (Å²) in [7, 11) is -1.11. The van der Waals surface area contributed by atoms with Gasteiger partial charge >= 0.3 is 0 Å². The molecule has 1 rings (SSSR count). The van der Waals surface area contributed by atoms with E-state index in [2.05, 4.69) is 66.0 Å². The molecule has 0 N–H and O–H groups in total. The Morgan fingerprint density at radius 3 is 2.31 bits per heavy atom. The van der Waals surface area contributed by atoms with Crippen LogP contribution in [0.3, 0.4) is 0 Å². The van der Waals surface area contributed by atoms with Crippen molar-refractivity contribution in [1.29, 1.82) is 0 Å². The molecule has 0 radical (unpaired) electrons. The summed E-state index contributed by atoms with van der Waals surface area (Å²) in [6.07, 6.45) is 1.37. The predicted octanol–water partition coefficient (Wildman–Crippen LogP) is 3.43. The Balaban J connectivity index is 2.69. The van der Waals surface area contributed by atoms with Gasteiger partial charge in [-0.15, -0.1) is 0 Å². The lowest BCUT2D eigenvalue weighted by Crippen LogP contribution is -2.40. The maximum atomic E-state index is 2.47. The number of rotatable bonds is 4. The van der Waals surface area contributed by atoms with Crippen LogP contribution in [-0.2, 0) is 0 Å². The van der Waals surface area contributed by atoms with Gasteiger partial charge in [0.1, 0.15) is 0 Å². The molecule has 0 bridgehead atoms. The average molecular weight is 304 g/mol. The van der Waals surface area contributed by atoms with Crippen LogP contribution in [0.4, 0.5) is 0 Å². The van der Waals surface area contributed by atoms with Crippen LogP contribution < -0.4 is 5.19 Å². The van der Waals surface area contributed by atoms with Gasteiger partial charge in [0, 0.05) is 0 Å². The van der Waals surface area contributed by atoms with Gasteiger partial charge in [0.05, 0.1) is 8.07 Å². The van der Waals surface area contributed by atoms with Crippen molar-refractivity contribution in [2.24, 2.45) is 0 Å². The van der Waals surface area contributed by atoms with E-state index >= 15 is 0 Å². The highest BCUT2D eigenvalue weighted by atomic mass is 127. The zero-order valence-electron chi connectivity index (χ0n) is 8.39. The van der Waals surface area contributed by atoms with Crippen molar-refractivity contribution in [2.75, 3.05) is 4.43 Å². The van der Waals surface area contributed by atoms with Crippen LogP contribution in [0.25, 0.3) is 0 Å². The highest BCUT2D eigenvalue weighted by Crippen LogP contribution is 2.13. The molecule has 13 heavy (non-hydrogen) atoms. The Bertz CT molecular complexity index is 244. The molecule has 0 heterocycles. The van der Waals surface area contributed by atoms with E-state index in [1.807, 2.05) is 0 Å². The molecule has 0 aliphatic heterocycles. The number of halogens is 1. The quantitative estimate of drug-likeness (QED) is 0.454. The predicted molar refractivity (Wildman–Crippen MR) is 71.9 cm³/mol. The molecule has 72 valence electrons. The fraction of sp³-hybridized carbons (Fsp3) is 0.455. The van der Waals surface area contributed by atoms with Crippen molar-refractivity contribution in [2.45, 2.75) is 25.6 Å². The van der Waals surface area contributed by atoms with Gasteiger partial charge in [-0.2, -0.15) is 0 Å². The average Bonchev–Trinajstić information content (AvgIpc) is 2.16. The van der Waals surface area contributed by atoms with Gasteiger partial charge in [-0.25, -0.2) is 0 Å². The molecule has 0 aliphatic carbocycles. The third kappa shape index (κ3) is 3.42. The summed E-state index contributed by atoms with van der Waals surface area (Å²) in [5.41, 5.74) is 0. The Labute approximate surface area is 95.9 Å². The van der Waals surface area contributed by atoms with Crippen LogP contribution in [0, 0.1) is 0 Å². The zero-order chi connectivity index (χ0) is 9.73. The molecule has 0 unspecified atom stereocenters. The molecule has 0 spiro atoms. The lowest BCUT2D eigenvalue weighted by atomic mass is 10.4. The van der Waals surface area contributed by atoms with E-state index in [1.54, 1.807) is 5.19 Å². The molecule has 0 aliphatic rings. The highest BCUT2D eigenvalue weighted by molar-refractivity contribution is 14.1. The molecule has 1 aromatic carbocycles. The summed E-state index contributed by atoms with van der Waals surface area (Å²) in [6.45, 7) is 4.93. The van der Waals surface area contributed by atoms with Crippen LogP contribution in [0.5, 0.6) is 0 Å². The monoisotopic (exact) mass is 304 g/mol. The van der Waals surface area contributed by atoms with E-state index in [0.29, 0.717) is 0 Å². The number of alkyl halides is 1. The lowest BCUT2D eigenvalue weighted by Gasteiger charge is -2.22. The molecule has 2 heteroatoms. The van der Waals surface area contributed by atoms with Gasteiger partial charge < -0.3 is 0 Å². The van der Waals surface area contributed by atoms with Crippen LogP contribution in [0.2, 0.25) is 19.1 Å². The summed E-state index contributed by atoms with van der Waals surface area (Å²) in [6, 6.07) is 12.4. The molecular formula is C11H17ISi. The van der Waals surface area contributed by atoms with Crippen molar-refractivity contribution in [3.05, 3.63) is 30.3 Å². The second-order valence-corrected chi connectivity index (χ2v) is 9.97. The molecule has 0 saturated carbocycles. The topological polar surface area (TPSA) is 0 Å². The normalized spacial score (nSPS) is 11.6. The first kappa shape index (κ1) is 11.2. The van der Waals surface area contributed by atoms with E-state index in [0.717, 1.165) is 0 Å². The van der Waals surface area contributed by atoms with Gasteiger partial charge in [-0.1, -0.05) is 77.2 Å². The van der Waals surface area contributed by atoms with E-state index in [1.165, 1.54) is 16.9 Å². The Morgan fingerprint density at radius 1 is 1.15 bits per heavy atom. The minimum Gasteiger partial charge on any atom is -0.0864 e. The highest BCUT2D eigenvalue weighted by Gasteiger charge is 2.21. The molecule has 0 saturated heterocycles. The van der Waals surface area contributed by atoms with Crippen LogP contribution in [0.1, 0.15) is 6.42 Å². The second kappa shape index (κ2) is 5.15. The molecular weight excluding hydrogens is 287 g/mol. The summed E-state index contributed by atoms with van der Waals surface area (Å²) in [5, 5.41) is 1.60. The first-order chi connectivity index (χ1) is 6.17. The van der Waals surface area contributed by atoms with Crippen molar-refractivity contribution < 1.29 is 0 Å². The van der Waals surface area contributed by atoms with Gasteiger partial charge in [0.15, 0.2) is 0 Å². The number of hydrogen-bond donors (Lipinski definition) is 0. The summed E-state index contributed by atoms with van der Waals surface area (Å²) < 4.78 is 1.29. The number of hydrogen-bond acceptors (Lipinski definition) is 0. The van der Waals surface area contributed by atoms with Crippen molar-refractivity contribution >= 4 is 35.9 Å². The first-order valence-electron chi connectivity index (χ1n) is 4.78. The molecule has 0 nitrogen and oxygen atoms in total. The SMILES string of the molecule is C[Si](C)(CCCI)c1ccccc1. The minimum atomic E-state index is -1.11. The van der Waals surface area contributed by atoms with Gasteiger partial charge in [0.2, 0.25) is 0 Å². The summed E-state index contributed by atoms with van der Waals surface area (Å²) in [4.78, 5) is 0. The first-order valence-corrected chi connectivity index (χ1v) is 9.51. The molecule has 0 fully saturated rings. The Morgan fingerprint density at radius 2 is 1.77 bits per heavy atom. The van der Waals surface area contributed by atoms with Crippen LogP contribution in [0.15, 0.2) is 30.3 Å². The van der Waals surface area contributed by atoms with E-state index in [-0.39, 0.29) is 0 Å². The largest absolute Gasteiger partial charge is 0.0864 e. The standard InChI is InChI=1S/C11H17ISi/c1-13(2,10-6-9-12)11-7-4-3-5-8-11/h3-5,7-8H,6,9-10H2,1-2H3. The van der Waals surface area contributed by atoms with Crippen molar-refractivity contribution in [3.63, 3.8) is 0 Å².